The van der Waals surface area contributed by atoms with Crippen LogP contribution in [0.1, 0.15) is 30.4 Å². The third-order valence-electron chi connectivity index (χ3n) is 5.58. The molecule has 4 rings (SSSR count). The molecule has 2 aromatic rings. The average Bonchev–Trinajstić information content (AvgIpc) is 2.69. The molecular weight excluding hydrogens is 326 g/mol. The molecule has 2 fully saturated rings. The zero-order valence-electron chi connectivity index (χ0n) is 15.2. The van der Waals surface area contributed by atoms with Crippen molar-refractivity contribution in [2.75, 3.05) is 26.3 Å². The topological polar surface area (TPSA) is 47.5 Å². The first-order valence-electron chi connectivity index (χ1n) is 9.54. The molecule has 0 aliphatic carbocycles. The fourth-order valence-electron chi connectivity index (χ4n) is 4.33. The lowest BCUT2D eigenvalue weighted by Gasteiger charge is -2.50. The lowest BCUT2D eigenvalue weighted by molar-refractivity contribution is -0.155. The van der Waals surface area contributed by atoms with Crippen LogP contribution in [0.2, 0.25) is 0 Å². The predicted octanol–water partition coefficient (Wildman–Crippen LogP) is 3.06. The summed E-state index contributed by atoms with van der Waals surface area (Å²) in [4.78, 5) is 11.0. The fourth-order valence-corrected chi connectivity index (χ4v) is 4.33. The van der Waals surface area contributed by atoms with Gasteiger partial charge in [0.05, 0.1) is 19.3 Å². The summed E-state index contributed by atoms with van der Waals surface area (Å²) in [5.74, 6) is 0. The molecule has 0 spiro atoms. The van der Waals surface area contributed by atoms with Gasteiger partial charge in [-0.1, -0.05) is 12.1 Å². The second-order valence-corrected chi connectivity index (χ2v) is 7.54. The average molecular weight is 353 g/mol. The maximum Gasteiger partial charge on any atom is 0.0732 e. The standard InChI is InChI=1S/C21H27N3O2/c1-4-18(12-22-8-1)14-24-10-6-20-21(16-24,7-3-11-26-20)17-25-15-19-5-2-9-23-13-19/h1-2,4-5,8-9,12-13,20H,3,6-7,10-11,14-17H2/t20-,21+/m0/s1. The molecule has 5 heteroatoms. The number of fused-ring (bicyclic) bond motifs is 1. The number of piperidine rings is 1. The van der Waals surface area contributed by atoms with E-state index < -0.39 is 0 Å². The summed E-state index contributed by atoms with van der Waals surface area (Å²) in [7, 11) is 0. The van der Waals surface area contributed by atoms with Crippen molar-refractivity contribution in [3.05, 3.63) is 60.2 Å². The van der Waals surface area contributed by atoms with Gasteiger partial charge >= 0.3 is 0 Å². The van der Waals surface area contributed by atoms with Crippen LogP contribution in [0.5, 0.6) is 0 Å². The van der Waals surface area contributed by atoms with Crippen LogP contribution < -0.4 is 0 Å². The van der Waals surface area contributed by atoms with Gasteiger partial charge in [0.1, 0.15) is 0 Å². The molecule has 0 unspecified atom stereocenters. The number of rotatable bonds is 6. The molecule has 2 atom stereocenters. The van der Waals surface area contributed by atoms with Gasteiger partial charge in [-0.3, -0.25) is 14.9 Å². The van der Waals surface area contributed by atoms with E-state index in [4.69, 9.17) is 9.47 Å². The van der Waals surface area contributed by atoms with Crippen LogP contribution >= 0.6 is 0 Å². The maximum absolute atomic E-state index is 6.16. The van der Waals surface area contributed by atoms with E-state index in [1.165, 1.54) is 12.0 Å². The number of pyridine rings is 2. The van der Waals surface area contributed by atoms with Gasteiger partial charge in [-0.25, -0.2) is 0 Å². The Kier molecular flexibility index (Phi) is 5.58. The summed E-state index contributed by atoms with van der Waals surface area (Å²) in [5.41, 5.74) is 2.50. The Balaban J connectivity index is 1.41. The van der Waals surface area contributed by atoms with Crippen molar-refractivity contribution in [2.45, 2.75) is 38.5 Å². The van der Waals surface area contributed by atoms with Crippen LogP contribution in [-0.2, 0) is 22.6 Å². The number of aromatic nitrogens is 2. The number of ether oxygens (including phenoxy) is 2. The normalized spacial score (nSPS) is 26.4. The van der Waals surface area contributed by atoms with Crippen LogP contribution in [0.25, 0.3) is 0 Å². The highest BCUT2D eigenvalue weighted by molar-refractivity contribution is 5.09. The Bertz CT molecular complexity index is 682. The smallest absolute Gasteiger partial charge is 0.0732 e. The minimum Gasteiger partial charge on any atom is -0.377 e. The van der Waals surface area contributed by atoms with Gasteiger partial charge in [0.25, 0.3) is 0 Å². The predicted molar refractivity (Wildman–Crippen MR) is 99.4 cm³/mol. The summed E-state index contributed by atoms with van der Waals surface area (Å²) in [6.45, 7) is 5.30. The monoisotopic (exact) mass is 353 g/mol. The van der Waals surface area contributed by atoms with Crippen LogP contribution in [0, 0.1) is 5.41 Å². The third kappa shape index (κ3) is 4.11. The van der Waals surface area contributed by atoms with Crippen molar-refractivity contribution in [3.8, 4) is 0 Å². The summed E-state index contributed by atoms with van der Waals surface area (Å²) >= 11 is 0. The summed E-state index contributed by atoms with van der Waals surface area (Å²) in [5, 5.41) is 0. The van der Waals surface area contributed by atoms with E-state index in [2.05, 4.69) is 27.0 Å². The second-order valence-electron chi connectivity index (χ2n) is 7.54. The Labute approximate surface area is 155 Å². The Morgan fingerprint density at radius 2 is 1.96 bits per heavy atom. The maximum atomic E-state index is 6.16. The van der Waals surface area contributed by atoms with Crippen LogP contribution in [0.15, 0.2) is 49.1 Å². The zero-order chi connectivity index (χ0) is 17.7. The van der Waals surface area contributed by atoms with E-state index in [0.29, 0.717) is 12.7 Å². The highest BCUT2D eigenvalue weighted by Gasteiger charge is 2.46. The van der Waals surface area contributed by atoms with Gasteiger partial charge < -0.3 is 9.47 Å². The molecule has 0 aromatic carbocycles. The van der Waals surface area contributed by atoms with Gasteiger partial charge in [-0.15, -0.1) is 0 Å². The van der Waals surface area contributed by atoms with E-state index in [0.717, 1.165) is 51.3 Å². The molecule has 4 heterocycles. The van der Waals surface area contributed by atoms with Gasteiger partial charge in [-0.2, -0.15) is 0 Å². The number of hydrogen-bond acceptors (Lipinski definition) is 5. The van der Waals surface area contributed by atoms with Crippen molar-refractivity contribution in [1.29, 1.82) is 0 Å². The largest absolute Gasteiger partial charge is 0.377 e. The minimum atomic E-state index is 0.0981. The quantitative estimate of drug-likeness (QED) is 0.799. The van der Waals surface area contributed by atoms with Gasteiger partial charge in [0.15, 0.2) is 0 Å². The number of nitrogens with zero attached hydrogens (tertiary/aromatic N) is 3. The molecule has 0 bridgehead atoms. The van der Waals surface area contributed by atoms with Crippen molar-refractivity contribution >= 4 is 0 Å². The summed E-state index contributed by atoms with van der Waals surface area (Å²) in [6.07, 6.45) is 11.2. The van der Waals surface area contributed by atoms with Crippen LogP contribution in [0.4, 0.5) is 0 Å². The second kappa shape index (κ2) is 8.25. The molecule has 0 amide bonds. The van der Waals surface area contributed by atoms with Crippen molar-refractivity contribution in [3.63, 3.8) is 0 Å². The zero-order valence-corrected chi connectivity index (χ0v) is 15.2. The summed E-state index contributed by atoms with van der Waals surface area (Å²) < 4.78 is 12.3. The SMILES string of the molecule is c1cncc(COC[C@]23CCCO[C@H]2CCN(Cc2cccnc2)C3)c1. The van der Waals surface area contributed by atoms with E-state index in [9.17, 15) is 0 Å². The van der Waals surface area contributed by atoms with E-state index >= 15 is 0 Å². The molecule has 0 radical (unpaired) electrons. The Morgan fingerprint density at radius 1 is 1.15 bits per heavy atom. The third-order valence-corrected chi connectivity index (χ3v) is 5.58. The number of likely N-dealkylation sites (tertiary alicyclic amines) is 1. The molecule has 2 aliphatic rings. The molecule has 2 aromatic heterocycles. The van der Waals surface area contributed by atoms with Crippen molar-refractivity contribution < 1.29 is 9.47 Å². The van der Waals surface area contributed by atoms with E-state index in [1.54, 1.807) is 6.20 Å². The van der Waals surface area contributed by atoms with Crippen LogP contribution in [0.3, 0.4) is 0 Å². The van der Waals surface area contributed by atoms with Crippen LogP contribution in [-0.4, -0.2) is 47.3 Å². The van der Waals surface area contributed by atoms with Gasteiger partial charge in [0, 0.05) is 56.4 Å². The van der Waals surface area contributed by atoms with Gasteiger partial charge in [0.2, 0.25) is 0 Å². The first-order valence-corrected chi connectivity index (χ1v) is 9.54. The van der Waals surface area contributed by atoms with E-state index in [-0.39, 0.29) is 5.41 Å². The van der Waals surface area contributed by atoms with Crippen molar-refractivity contribution in [2.24, 2.45) is 5.41 Å². The summed E-state index contributed by atoms with van der Waals surface area (Å²) in [6, 6.07) is 8.19. The molecule has 0 N–H and O–H groups in total. The number of hydrogen-bond donors (Lipinski definition) is 0. The van der Waals surface area contributed by atoms with E-state index in [1.807, 2.05) is 30.7 Å². The first-order chi connectivity index (χ1) is 12.8. The molecule has 0 saturated carbocycles. The Hall–Kier alpha value is -1.82. The molecule has 2 aliphatic heterocycles. The molecular formula is C21H27N3O2. The fraction of sp³-hybridized carbons (Fsp3) is 0.524. The lowest BCUT2D eigenvalue weighted by Crippen LogP contribution is -2.56. The minimum absolute atomic E-state index is 0.0981. The Morgan fingerprint density at radius 3 is 2.73 bits per heavy atom. The highest BCUT2D eigenvalue weighted by Crippen LogP contribution is 2.41. The van der Waals surface area contributed by atoms with Gasteiger partial charge in [-0.05, 0) is 42.5 Å². The lowest BCUT2D eigenvalue weighted by atomic mass is 9.73. The molecule has 2 saturated heterocycles. The highest BCUT2D eigenvalue weighted by atomic mass is 16.5. The first kappa shape index (κ1) is 17.6. The van der Waals surface area contributed by atoms with Crippen molar-refractivity contribution in [1.82, 2.24) is 14.9 Å². The molecule has 138 valence electrons. The molecule has 26 heavy (non-hydrogen) atoms. The molecule has 5 nitrogen and oxygen atoms in total.